The highest BCUT2D eigenvalue weighted by atomic mass is 32.2. The Labute approximate surface area is 145 Å². The van der Waals surface area contributed by atoms with Gasteiger partial charge in [-0.15, -0.1) is 5.10 Å². The number of hydrogen-bond donors (Lipinski definition) is 0. The summed E-state index contributed by atoms with van der Waals surface area (Å²) in [4.78, 5) is 12.3. The zero-order chi connectivity index (χ0) is 17.6. The minimum Gasteiger partial charge on any atom is -0.249 e. The first-order chi connectivity index (χ1) is 12.0. The predicted octanol–water partition coefficient (Wildman–Crippen LogP) is 1.26. The van der Waals surface area contributed by atoms with E-state index < -0.39 is 10.0 Å². The van der Waals surface area contributed by atoms with Gasteiger partial charge in [-0.05, 0) is 36.6 Å². The van der Waals surface area contributed by atoms with E-state index in [1.807, 2.05) is 24.3 Å². The van der Waals surface area contributed by atoms with Crippen LogP contribution in [-0.4, -0.2) is 33.4 Å². The average Bonchev–Trinajstić information content (AvgIpc) is 2.97. The quantitative estimate of drug-likeness (QED) is 0.706. The SMILES string of the molecule is CCn1nc2c(S(=O)(=O)N3CCc4ccccc4C3)cccn2c1=O. The maximum atomic E-state index is 13.2. The minimum atomic E-state index is -3.75. The minimum absolute atomic E-state index is 0.0682. The lowest BCUT2D eigenvalue weighted by atomic mass is 10.0. The van der Waals surface area contributed by atoms with Gasteiger partial charge in [-0.1, -0.05) is 24.3 Å². The zero-order valence-electron chi connectivity index (χ0n) is 13.8. The third-order valence-corrected chi connectivity index (χ3v) is 6.45. The number of hydrogen-bond acceptors (Lipinski definition) is 4. The third kappa shape index (κ3) is 2.49. The fraction of sp³-hybridized carbons (Fsp3) is 0.294. The summed E-state index contributed by atoms with van der Waals surface area (Å²) in [6.45, 7) is 2.93. The molecule has 0 N–H and O–H groups in total. The number of pyridine rings is 1. The van der Waals surface area contributed by atoms with Gasteiger partial charge >= 0.3 is 5.69 Å². The predicted molar refractivity (Wildman–Crippen MR) is 92.9 cm³/mol. The van der Waals surface area contributed by atoms with Crippen molar-refractivity contribution in [3.63, 3.8) is 0 Å². The highest BCUT2D eigenvalue weighted by Gasteiger charge is 2.31. The number of rotatable bonds is 3. The fourth-order valence-corrected chi connectivity index (χ4v) is 4.77. The second-order valence-electron chi connectivity index (χ2n) is 6.02. The molecule has 0 saturated heterocycles. The lowest BCUT2D eigenvalue weighted by Gasteiger charge is -2.28. The van der Waals surface area contributed by atoms with Gasteiger partial charge < -0.3 is 0 Å². The molecule has 7 nitrogen and oxygen atoms in total. The van der Waals surface area contributed by atoms with Gasteiger partial charge in [-0.25, -0.2) is 22.3 Å². The molecule has 0 atom stereocenters. The number of nitrogens with zero attached hydrogens (tertiary/aromatic N) is 4. The van der Waals surface area contributed by atoms with Gasteiger partial charge in [-0.2, -0.15) is 4.31 Å². The van der Waals surface area contributed by atoms with Crippen molar-refractivity contribution in [3.05, 3.63) is 64.2 Å². The molecule has 2 aromatic heterocycles. The maximum absolute atomic E-state index is 13.2. The van der Waals surface area contributed by atoms with Crippen LogP contribution in [0.3, 0.4) is 0 Å². The first-order valence-electron chi connectivity index (χ1n) is 8.17. The Kier molecular flexibility index (Phi) is 3.73. The summed E-state index contributed by atoms with van der Waals surface area (Å²) < 4.78 is 30.4. The van der Waals surface area contributed by atoms with Crippen LogP contribution < -0.4 is 5.69 Å². The van der Waals surface area contributed by atoms with Crippen LogP contribution in [0.5, 0.6) is 0 Å². The number of aryl methyl sites for hydroxylation is 1. The van der Waals surface area contributed by atoms with E-state index in [1.54, 1.807) is 19.2 Å². The van der Waals surface area contributed by atoms with Gasteiger partial charge in [0.05, 0.1) is 0 Å². The lowest BCUT2D eigenvalue weighted by Crippen LogP contribution is -2.36. The Morgan fingerprint density at radius 1 is 1.12 bits per heavy atom. The summed E-state index contributed by atoms with van der Waals surface area (Å²) in [5.74, 6) is 0. The van der Waals surface area contributed by atoms with E-state index in [4.69, 9.17) is 0 Å². The highest BCUT2D eigenvalue weighted by molar-refractivity contribution is 7.89. The molecule has 1 aliphatic rings. The second-order valence-corrected chi connectivity index (χ2v) is 7.93. The summed E-state index contributed by atoms with van der Waals surface area (Å²) in [6.07, 6.45) is 2.22. The van der Waals surface area contributed by atoms with Gasteiger partial charge in [0.2, 0.25) is 10.0 Å². The fourth-order valence-electron chi connectivity index (χ4n) is 3.24. The van der Waals surface area contributed by atoms with E-state index in [2.05, 4.69) is 5.10 Å². The van der Waals surface area contributed by atoms with Crippen LogP contribution in [0.2, 0.25) is 0 Å². The van der Waals surface area contributed by atoms with Crippen LogP contribution in [0.1, 0.15) is 18.1 Å². The molecular formula is C17H18N4O3S. The van der Waals surface area contributed by atoms with Crippen LogP contribution in [0.15, 0.2) is 52.3 Å². The molecule has 8 heteroatoms. The molecule has 0 fully saturated rings. The largest absolute Gasteiger partial charge is 0.350 e. The molecule has 3 aromatic rings. The van der Waals surface area contributed by atoms with Crippen molar-refractivity contribution < 1.29 is 8.42 Å². The van der Waals surface area contributed by atoms with Crippen molar-refractivity contribution in [2.75, 3.05) is 6.54 Å². The highest BCUT2D eigenvalue weighted by Crippen LogP contribution is 2.26. The molecule has 0 spiro atoms. The van der Waals surface area contributed by atoms with E-state index >= 15 is 0 Å². The Hall–Kier alpha value is -2.45. The summed E-state index contributed by atoms with van der Waals surface area (Å²) >= 11 is 0. The van der Waals surface area contributed by atoms with Gasteiger partial charge in [0.25, 0.3) is 0 Å². The van der Waals surface area contributed by atoms with E-state index in [-0.39, 0.29) is 16.2 Å². The molecule has 0 unspecified atom stereocenters. The number of sulfonamides is 1. The Morgan fingerprint density at radius 3 is 2.64 bits per heavy atom. The second kappa shape index (κ2) is 5.82. The maximum Gasteiger partial charge on any atom is 0.350 e. The monoisotopic (exact) mass is 358 g/mol. The smallest absolute Gasteiger partial charge is 0.249 e. The molecule has 0 radical (unpaired) electrons. The lowest BCUT2D eigenvalue weighted by molar-refractivity contribution is 0.391. The van der Waals surface area contributed by atoms with E-state index in [9.17, 15) is 13.2 Å². The van der Waals surface area contributed by atoms with Gasteiger partial charge in [0, 0.05) is 25.8 Å². The van der Waals surface area contributed by atoms with E-state index in [0.29, 0.717) is 26.1 Å². The number of fused-ring (bicyclic) bond motifs is 2. The molecule has 3 heterocycles. The van der Waals surface area contributed by atoms with Crippen molar-refractivity contribution in [1.82, 2.24) is 18.5 Å². The summed E-state index contributed by atoms with van der Waals surface area (Å²) in [7, 11) is -3.75. The zero-order valence-corrected chi connectivity index (χ0v) is 14.6. The normalized spacial score (nSPS) is 15.4. The van der Waals surface area contributed by atoms with E-state index in [1.165, 1.54) is 25.0 Å². The first kappa shape index (κ1) is 16.0. The van der Waals surface area contributed by atoms with Gasteiger partial charge in [0.1, 0.15) is 4.90 Å². The Balaban J connectivity index is 1.82. The molecule has 25 heavy (non-hydrogen) atoms. The molecule has 0 aliphatic carbocycles. The van der Waals surface area contributed by atoms with Crippen LogP contribution in [0, 0.1) is 0 Å². The van der Waals surface area contributed by atoms with Crippen molar-refractivity contribution in [1.29, 1.82) is 0 Å². The van der Waals surface area contributed by atoms with Crippen LogP contribution in [0.25, 0.3) is 5.65 Å². The average molecular weight is 358 g/mol. The van der Waals surface area contributed by atoms with Crippen LogP contribution in [-0.2, 0) is 29.5 Å². The van der Waals surface area contributed by atoms with Gasteiger partial charge in [-0.3, -0.25) is 0 Å². The summed E-state index contributed by atoms with van der Waals surface area (Å²) in [5, 5.41) is 4.20. The summed E-state index contributed by atoms with van der Waals surface area (Å²) in [6, 6.07) is 10.9. The molecule has 0 bridgehead atoms. The number of benzene rings is 1. The molecule has 130 valence electrons. The molecular weight excluding hydrogens is 340 g/mol. The molecule has 1 aliphatic heterocycles. The van der Waals surface area contributed by atoms with Crippen molar-refractivity contribution >= 4 is 15.7 Å². The topological polar surface area (TPSA) is 76.7 Å². The number of aromatic nitrogens is 3. The van der Waals surface area contributed by atoms with Crippen LogP contribution in [0.4, 0.5) is 0 Å². The van der Waals surface area contributed by atoms with Crippen molar-refractivity contribution in [2.45, 2.75) is 31.3 Å². The molecule has 1 aromatic carbocycles. The standard InChI is InChI=1S/C17H18N4O3S/c1-2-21-17(22)20-10-5-8-15(16(20)18-21)25(23,24)19-11-9-13-6-3-4-7-14(13)12-19/h3-8,10H,2,9,11-12H2,1H3. The molecule has 0 saturated carbocycles. The summed E-state index contributed by atoms with van der Waals surface area (Å²) in [5.41, 5.74) is 2.03. The van der Waals surface area contributed by atoms with Gasteiger partial charge in [0.15, 0.2) is 5.65 Å². The molecule has 4 rings (SSSR count). The van der Waals surface area contributed by atoms with Crippen LogP contribution >= 0.6 is 0 Å². The molecule has 0 amide bonds. The third-order valence-electron chi connectivity index (χ3n) is 4.59. The Bertz CT molecular complexity index is 1110. The van der Waals surface area contributed by atoms with Crippen molar-refractivity contribution in [3.8, 4) is 0 Å². The van der Waals surface area contributed by atoms with Crippen molar-refractivity contribution in [2.24, 2.45) is 0 Å². The first-order valence-corrected chi connectivity index (χ1v) is 9.61. The van der Waals surface area contributed by atoms with E-state index in [0.717, 1.165) is 5.56 Å². The Morgan fingerprint density at radius 2 is 1.88 bits per heavy atom.